The summed E-state index contributed by atoms with van der Waals surface area (Å²) < 4.78 is 9.91. The molecule has 24 heavy (non-hydrogen) atoms. The summed E-state index contributed by atoms with van der Waals surface area (Å²) in [5.41, 5.74) is 7.72. The van der Waals surface area contributed by atoms with Crippen molar-refractivity contribution in [2.75, 3.05) is 19.4 Å². The zero-order valence-corrected chi connectivity index (χ0v) is 15.6. The van der Waals surface area contributed by atoms with Crippen molar-refractivity contribution in [1.82, 2.24) is 5.32 Å². The Balaban J connectivity index is 5.01. The first-order valence-electron chi connectivity index (χ1n) is 6.97. The minimum Gasteiger partial charge on any atom is -0.449 e. The number of nitrogens with one attached hydrogen (secondary N) is 1. The molecule has 1 amide bonds. The van der Waals surface area contributed by atoms with E-state index < -0.39 is 30.3 Å². The van der Waals surface area contributed by atoms with Crippen molar-refractivity contribution in [2.45, 2.75) is 44.1 Å². The standard InChI is InChI=1S/C13H21N5O4S2/c1-13(2,3)22-12(20)17-10(11(19)21-6-5-14)7-9(24-23-4)8-16-18-15/h9-10H,6-8H2,1-4H3,(H,17,20)/t9-,10?/m0/s1. The second-order valence-corrected chi connectivity index (χ2v) is 8.27. The molecule has 11 heteroatoms. The van der Waals surface area contributed by atoms with Gasteiger partial charge in [-0.25, -0.2) is 9.59 Å². The number of ether oxygens (including phenoxy) is 2. The average molecular weight is 375 g/mol. The van der Waals surface area contributed by atoms with Crippen LogP contribution in [0.2, 0.25) is 0 Å². The Kier molecular flexibility index (Phi) is 10.9. The van der Waals surface area contributed by atoms with Gasteiger partial charge in [-0.1, -0.05) is 26.7 Å². The predicted octanol–water partition coefficient (Wildman–Crippen LogP) is 3.03. The third-order valence-electron chi connectivity index (χ3n) is 2.33. The number of carbonyl (C=O) groups excluding carboxylic acids is 2. The number of carbonyl (C=O) groups is 2. The number of nitriles is 1. The summed E-state index contributed by atoms with van der Waals surface area (Å²) in [6, 6.07) is 0.687. The summed E-state index contributed by atoms with van der Waals surface area (Å²) in [6.07, 6.45) is 1.25. The zero-order valence-electron chi connectivity index (χ0n) is 14.0. The molecule has 1 unspecified atom stereocenters. The molecule has 1 N–H and O–H groups in total. The van der Waals surface area contributed by atoms with Crippen LogP contribution in [0.4, 0.5) is 4.79 Å². The van der Waals surface area contributed by atoms with E-state index in [1.54, 1.807) is 26.8 Å². The van der Waals surface area contributed by atoms with Crippen LogP contribution < -0.4 is 5.32 Å². The fourth-order valence-corrected chi connectivity index (χ4v) is 3.44. The van der Waals surface area contributed by atoms with Gasteiger partial charge in [0, 0.05) is 16.7 Å². The maximum atomic E-state index is 12.1. The van der Waals surface area contributed by atoms with Crippen molar-refractivity contribution < 1.29 is 19.1 Å². The van der Waals surface area contributed by atoms with Gasteiger partial charge in [0.1, 0.15) is 17.7 Å². The first-order chi connectivity index (χ1) is 11.2. The lowest BCUT2D eigenvalue weighted by atomic mass is 10.1. The van der Waals surface area contributed by atoms with Crippen molar-refractivity contribution in [2.24, 2.45) is 5.11 Å². The molecule has 0 aromatic heterocycles. The SMILES string of the molecule is CSS[C@H](CN=[N+]=[N-])CC(NC(=O)OC(C)(C)C)C(=O)OCC#N. The molecule has 0 heterocycles. The maximum absolute atomic E-state index is 12.1. The molecular formula is C13H21N5O4S2. The Bertz CT molecular complexity index is 511. The molecule has 2 atom stereocenters. The van der Waals surface area contributed by atoms with E-state index in [2.05, 4.69) is 15.3 Å². The van der Waals surface area contributed by atoms with Crippen LogP contribution in [0.1, 0.15) is 27.2 Å². The molecule has 9 nitrogen and oxygen atoms in total. The number of nitrogens with zero attached hydrogens (tertiary/aromatic N) is 4. The lowest BCUT2D eigenvalue weighted by Gasteiger charge is -2.24. The van der Waals surface area contributed by atoms with Crippen LogP contribution in [-0.2, 0) is 14.3 Å². The van der Waals surface area contributed by atoms with Gasteiger partial charge in [0.25, 0.3) is 0 Å². The minimum absolute atomic E-state index is 0.153. The molecule has 0 aliphatic heterocycles. The average Bonchev–Trinajstić information content (AvgIpc) is 2.47. The highest BCUT2D eigenvalue weighted by Crippen LogP contribution is 2.27. The molecule has 0 aliphatic rings. The van der Waals surface area contributed by atoms with Crippen LogP contribution >= 0.6 is 21.6 Å². The smallest absolute Gasteiger partial charge is 0.408 e. The van der Waals surface area contributed by atoms with Crippen LogP contribution in [-0.4, -0.2) is 48.4 Å². The summed E-state index contributed by atoms with van der Waals surface area (Å²) in [4.78, 5) is 26.7. The third-order valence-corrected chi connectivity index (χ3v) is 4.53. The molecule has 134 valence electrons. The maximum Gasteiger partial charge on any atom is 0.408 e. The second kappa shape index (κ2) is 11.7. The molecule has 0 aliphatic carbocycles. The van der Waals surface area contributed by atoms with Crippen molar-refractivity contribution in [1.29, 1.82) is 5.26 Å². The quantitative estimate of drug-likeness (QED) is 0.215. The van der Waals surface area contributed by atoms with Crippen molar-refractivity contribution in [3.05, 3.63) is 10.4 Å². The van der Waals surface area contributed by atoms with E-state index in [1.807, 2.05) is 6.26 Å². The van der Waals surface area contributed by atoms with Gasteiger partial charge >= 0.3 is 12.1 Å². The molecule has 0 aromatic carbocycles. The zero-order chi connectivity index (χ0) is 18.6. The number of hydrogen-bond acceptors (Lipinski definition) is 8. The summed E-state index contributed by atoms with van der Waals surface area (Å²) in [5, 5.41) is 14.2. The monoisotopic (exact) mass is 375 g/mol. The van der Waals surface area contributed by atoms with E-state index in [0.717, 1.165) is 0 Å². The number of rotatable bonds is 9. The van der Waals surface area contributed by atoms with Gasteiger partial charge in [-0.15, -0.1) is 0 Å². The Labute approximate surface area is 148 Å². The van der Waals surface area contributed by atoms with Gasteiger partial charge < -0.3 is 14.8 Å². The third kappa shape index (κ3) is 10.9. The molecule has 0 rings (SSSR count). The number of hydrogen-bond donors (Lipinski definition) is 1. The predicted molar refractivity (Wildman–Crippen MR) is 93.3 cm³/mol. The normalized spacial score (nSPS) is 13.0. The Morgan fingerprint density at radius 1 is 1.46 bits per heavy atom. The topological polar surface area (TPSA) is 137 Å². The summed E-state index contributed by atoms with van der Waals surface area (Å²) in [6.45, 7) is 4.83. The van der Waals surface area contributed by atoms with Crippen LogP contribution in [0.15, 0.2) is 5.11 Å². The lowest BCUT2D eigenvalue weighted by molar-refractivity contribution is -0.144. The van der Waals surface area contributed by atoms with Gasteiger partial charge in [0.15, 0.2) is 6.61 Å². The van der Waals surface area contributed by atoms with Crippen LogP contribution in [0, 0.1) is 11.3 Å². The summed E-state index contributed by atoms with van der Waals surface area (Å²) in [5.74, 6) is -0.741. The van der Waals surface area contributed by atoms with Crippen LogP contribution in [0.25, 0.3) is 10.4 Å². The van der Waals surface area contributed by atoms with Gasteiger partial charge in [-0.05, 0) is 39.0 Å². The molecular weight excluding hydrogens is 354 g/mol. The number of esters is 1. The van der Waals surface area contributed by atoms with Gasteiger partial charge in [0.05, 0.1) is 0 Å². The fourth-order valence-electron chi connectivity index (χ4n) is 1.54. The molecule has 0 saturated carbocycles. The van der Waals surface area contributed by atoms with Gasteiger partial charge in [0.2, 0.25) is 0 Å². The Morgan fingerprint density at radius 3 is 2.62 bits per heavy atom. The van der Waals surface area contributed by atoms with E-state index in [1.165, 1.54) is 21.6 Å². The molecule has 0 aromatic rings. The first kappa shape index (κ1) is 22.2. The highest BCUT2D eigenvalue weighted by molar-refractivity contribution is 8.76. The lowest BCUT2D eigenvalue weighted by Crippen LogP contribution is -2.45. The number of azide groups is 1. The van der Waals surface area contributed by atoms with E-state index in [9.17, 15) is 9.59 Å². The summed E-state index contributed by atoms with van der Waals surface area (Å²) in [7, 11) is 2.86. The van der Waals surface area contributed by atoms with E-state index in [-0.39, 0.29) is 18.2 Å². The van der Waals surface area contributed by atoms with E-state index in [0.29, 0.717) is 0 Å². The van der Waals surface area contributed by atoms with Crippen LogP contribution in [0.5, 0.6) is 0 Å². The molecule has 0 bridgehead atoms. The molecule has 0 radical (unpaired) electrons. The largest absolute Gasteiger partial charge is 0.449 e. The van der Waals surface area contributed by atoms with E-state index >= 15 is 0 Å². The highest BCUT2D eigenvalue weighted by Gasteiger charge is 2.28. The molecule has 0 fully saturated rings. The number of alkyl carbamates (subject to hydrolysis) is 1. The Morgan fingerprint density at radius 2 is 2.12 bits per heavy atom. The van der Waals surface area contributed by atoms with Crippen LogP contribution in [0.3, 0.4) is 0 Å². The van der Waals surface area contributed by atoms with Gasteiger partial charge in [-0.3, -0.25) is 0 Å². The minimum atomic E-state index is -1.01. The second-order valence-electron chi connectivity index (χ2n) is 5.50. The molecule has 0 saturated heterocycles. The summed E-state index contributed by atoms with van der Waals surface area (Å²) >= 11 is 0. The molecule has 0 spiro atoms. The fraction of sp³-hybridized carbons (Fsp3) is 0.769. The van der Waals surface area contributed by atoms with Crippen molar-refractivity contribution in [3.63, 3.8) is 0 Å². The van der Waals surface area contributed by atoms with Crippen molar-refractivity contribution in [3.8, 4) is 6.07 Å². The van der Waals surface area contributed by atoms with Gasteiger partial charge in [-0.2, -0.15) is 5.26 Å². The first-order valence-corrected chi connectivity index (χ1v) is 9.59. The number of amides is 1. The van der Waals surface area contributed by atoms with E-state index in [4.69, 9.17) is 20.3 Å². The Hall–Kier alpha value is -1.76. The van der Waals surface area contributed by atoms with Crippen molar-refractivity contribution >= 4 is 33.7 Å². The highest BCUT2D eigenvalue weighted by atomic mass is 33.1.